The molecule has 0 spiro atoms. The molecule has 3 heterocycles. The summed E-state index contributed by atoms with van der Waals surface area (Å²) in [6, 6.07) is 3.87. The van der Waals surface area contributed by atoms with Gasteiger partial charge in [0.1, 0.15) is 71.3 Å². The van der Waals surface area contributed by atoms with Gasteiger partial charge in [-0.1, -0.05) is 0 Å². The molecule has 2 fully saturated rings. The maximum absolute atomic E-state index is 13.7. The molecule has 2 saturated heterocycles. The molecule has 0 unspecified atom stereocenters. The molecule has 18 nitrogen and oxygen atoms in total. The largest absolute Gasteiger partial charge is 0.508 e. The number of ether oxygens (including phenoxy) is 5. The second-order valence-electron chi connectivity index (χ2n) is 10.6. The normalized spacial score (nSPS) is 31.6. The summed E-state index contributed by atoms with van der Waals surface area (Å²) >= 11 is 0. The third-order valence-corrected chi connectivity index (χ3v) is 7.63. The van der Waals surface area contributed by atoms with Crippen LogP contribution >= 0.6 is 0 Å². The molecule has 2 aliphatic rings. The van der Waals surface area contributed by atoms with Crippen molar-refractivity contribution < 1.29 is 84.3 Å². The second kappa shape index (κ2) is 13.0. The Hall–Kier alpha value is -3.95. The first-order chi connectivity index (χ1) is 21.8. The van der Waals surface area contributed by atoms with Crippen LogP contribution in [0, 0.1) is 0 Å². The minimum atomic E-state index is -2.08. The molecular formula is C28H32O18. The van der Waals surface area contributed by atoms with Gasteiger partial charge in [0.05, 0.1) is 20.3 Å². The van der Waals surface area contributed by atoms with Crippen molar-refractivity contribution in [1.29, 1.82) is 0 Å². The van der Waals surface area contributed by atoms with Crippen molar-refractivity contribution in [1.82, 2.24) is 0 Å². The van der Waals surface area contributed by atoms with Crippen molar-refractivity contribution in [3.8, 4) is 45.8 Å². The van der Waals surface area contributed by atoms with E-state index in [0.717, 1.165) is 24.3 Å². The number of phenolic OH excluding ortho intramolecular Hbond substituents is 4. The predicted octanol–water partition coefficient (Wildman–Crippen LogP) is -2.71. The first kappa shape index (κ1) is 33.4. The number of hydrogen-bond acceptors (Lipinski definition) is 18. The summed E-state index contributed by atoms with van der Waals surface area (Å²) in [5.74, 6) is -4.02. The number of benzene rings is 2. The van der Waals surface area contributed by atoms with E-state index in [1.807, 2.05) is 0 Å². The number of methoxy groups -OCH3 is 1. The van der Waals surface area contributed by atoms with Crippen molar-refractivity contribution in [3.05, 3.63) is 34.5 Å². The van der Waals surface area contributed by atoms with Gasteiger partial charge in [0.15, 0.2) is 23.5 Å². The highest BCUT2D eigenvalue weighted by Gasteiger charge is 2.51. The minimum absolute atomic E-state index is 0.194. The van der Waals surface area contributed by atoms with E-state index in [9.17, 15) is 61.0 Å². The van der Waals surface area contributed by atoms with Crippen LogP contribution in [0.1, 0.15) is 0 Å². The van der Waals surface area contributed by atoms with Crippen molar-refractivity contribution in [2.24, 2.45) is 0 Å². The summed E-state index contributed by atoms with van der Waals surface area (Å²) in [6.45, 7) is -1.70. The predicted molar refractivity (Wildman–Crippen MR) is 148 cm³/mol. The highest BCUT2D eigenvalue weighted by atomic mass is 16.7. The second-order valence-corrected chi connectivity index (χ2v) is 10.6. The van der Waals surface area contributed by atoms with Crippen molar-refractivity contribution in [2.75, 3.05) is 20.3 Å². The molecule has 2 aliphatic heterocycles. The fourth-order valence-corrected chi connectivity index (χ4v) is 5.27. The fraction of sp³-hybridized carbons (Fsp3) is 0.464. The molecule has 3 aromatic rings. The number of fused-ring (bicyclic) bond motifs is 1. The van der Waals surface area contributed by atoms with Gasteiger partial charge in [-0.3, -0.25) is 4.79 Å². The lowest BCUT2D eigenvalue weighted by molar-refractivity contribution is -0.352. The van der Waals surface area contributed by atoms with Gasteiger partial charge in [-0.2, -0.15) is 0 Å². The average Bonchev–Trinajstić information content (AvgIpc) is 3.01. The summed E-state index contributed by atoms with van der Waals surface area (Å²) in [6.07, 6.45) is -17.9. The molecule has 1 aromatic heterocycles. The van der Waals surface area contributed by atoms with E-state index in [1.54, 1.807) is 0 Å². The number of hydrogen-bond donors (Lipinski definition) is 11. The first-order valence-electron chi connectivity index (χ1n) is 13.7. The Morgan fingerprint density at radius 1 is 0.717 bits per heavy atom. The molecule has 46 heavy (non-hydrogen) atoms. The SMILES string of the molecule is COc1c(O)cc(-c2oc3cc(O)cc(O)c3c(=O)c2O[C@@H]2O[C@@H](CO)[C@H](O[C@@H]3O[C@@H](CO)[C@H](O)[C@@H](O)[C@H]3O)[C@@H](O)[C@@H]2O)cc1O. The molecule has 10 atom stereocenters. The van der Waals surface area contributed by atoms with Crippen LogP contribution in [0.15, 0.2) is 33.5 Å². The van der Waals surface area contributed by atoms with Crippen LogP contribution in [0.4, 0.5) is 0 Å². The molecule has 18 heteroatoms. The number of aromatic hydroxyl groups is 4. The number of rotatable bonds is 8. The molecule has 0 bridgehead atoms. The molecular weight excluding hydrogens is 624 g/mol. The average molecular weight is 657 g/mol. The Labute approximate surface area is 257 Å². The minimum Gasteiger partial charge on any atom is -0.508 e. The van der Waals surface area contributed by atoms with Crippen LogP contribution in [-0.2, 0) is 14.2 Å². The van der Waals surface area contributed by atoms with E-state index < -0.39 is 120 Å². The van der Waals surface area contributed by atoms with Gasteiger partial charge < -0.3 is 84.3 Å². The van der Waals surface area contributed by atoms with Crippen LogP contribution in [0.3, 0.4) is 0 Å². The van der Waals surface area contributed by atoms with Crippen LogP contribution in [0.5, 0.6) is 34.5 Å². The number of aliphatic hydroxyl groups is 7. The summed E-state index contributed by atoms with van der Waals surface area (Å²) in [7, 11) is 1.17. The standard InChI is InChI=1S/C28H32O18/c1-41-24-11(33)2-8(3-12(24)34)23-26(18(36)16-10(32)4-9(31)5-13(16)42-23)46-28-22(40)20(38)25(15(7-30)44-28)45-27-21(39)19(37)17(35)14(6-29)43-27/h2-5,14-15,17,19-22,25,27-35,37-40H,6-7H2,1H3/t14-,15-,17-,19+,20-,21+,22-,25-,27-,28-/m0/s1. The lowest BCUT2D eigenvalue weighted by Gasteiger charge is -2.45. The summed E-state index contributed by atoms with van der Waals surface area (Å²) < 4.78 is 32.7. The Kier molecular flexibility index (Phi) is 9.47. The summed E-state index contributed by atoms with van der Waals surface area (Å²) in [5, 5.41) is 112. The topological polar surface area (TPSA) is 299 Å². The van der Waals surface area contributed by atoms with Gasteiger partial charge in [-0.15, -0.1) is 0 Å². The van der Waals surface area contributed by atoms with Crippen LogP contribution in [0.25, 0.3) is 22.3 Å². The van der Waals surface area contributed by atoms with Crippen LogP contribution in [0.2, 0.25) is 0 Å². The van der Waals surface area contributed by atoms with Gasteiger partial charge in [-0.25, -0.2) is 0 Å². The third-order valence-electron chi connectivity index (χ3n) is 7.63. The Bertz CT molecular complexity index is 1600. The third kappa shape index (κ3) is 5.86. The van der Waals surface area contributed by atoms with E-state index in [1.165, 1.54) is 7.11 Å². The highest BCUT2D eigenvalue weighted by Crippen LogP contribution is 2.43. The van der Waals surface area contributed by atoms with E-state index in [4.69, 9.17) is 28.1 Å². The smallest absolute Gasteiger partial charge is 0.239 e. The molecule has 252 valence electrons. The summed E-state index contributed by atoms with van der Waals surface area (Å²) in [4.78, 5) is 13.7. The lowest BCUT2D eigenvalue weighted by atomic mass is 9.97. The van der Waals surface area contributed by atoms with Crippen LogP contribution < -0.4 is 14.9 Å². The molecule has 11 N–H and O–H groups in total. The molecule has 0 radical (unpaired) electrons. The highest BCUT2D eigenvalue weighted by molar-refractivity contribution is 5.88. The Morgan fingerprint density at radius 2 is 1.33 bits per heavy atom. The fourth-order valence-electron chi connectivity index (χ4n) is 5.27. The van der Waals surface area contributed by atoms with E-state index >= 15 is 0 Å². The molecule has 5 rings (SSSR count). The Morgan fingerprint density at radius 3 is 1.93 bits per heavy atom. The van der Waals surface area contributed by atoms with Gasteiger partial charge in [0, 0.05) is 17.7 Å². The van der Waals surface area contributed by atoms with E-state index in [-0.39, 0.29) is 16.9 Å². The van der Waals surface area contributed by atoms with Gasteiger partial charge in [0.2, 0.25) is 23.2 Å². The van der Waals surface area contributed by atoms with Crippen molar-refractivity contribution in [3.63, 3.8) is 0 Å². The molecule has 2 aromatic carbocycles. The van der Waals surface area contributed by atoms with Crippen molar-refractivity contribution in [2.45, 2.75) is 61.4 Å². The van der Waals surface area contributed by atoms with E-state index in [0.29, 0.717) is 0 Å². The van der Waals surface area contributed by atoms with Crippen molar-refractivity contribution >= 4 is 11.0 Å². The zero-order valence-electron chi connectivity index (χ0n) is 23.8. The maximum atomic E-state index is 13.7. The van der Waals surface area contributed by atoms with Gasteiger partial charge >= 0.3 is 0 Å². The first-order valence-corrected chi connectivity index (χ1v) is 13.7. The summed E-state index contributed by atoms with van der Waals surface area (Å²) in [5.41, 5.74) is -1.64. The number of aliphatic hydroxyl groups excluding tert-OH is 7. The van der Waals surface area contributed by atoms with Gasteiger partial charge in [0.25, 0.3) is 0 Å². The van der Waals surface area contributed by atoms with E-state index in [2.05, 4.69) is 0 Å². The van der Waals surface area contributed by atoms with Gasteiger partial charge in [-0.05, 0) is 12.1 Å². The quantitative estimate of drug-likeness (QED) is 0.117. The zero-order valence-corrected chi connectivity index (χ0v) is 23.8. The maximum Gasteiger partial charge on any atom is 0.239 e. The molecule has 0 aliphatic carbocycles. The van der Waals surface area contributed by atoms with Crippen LogP contribution in [-0.4, -0.2) is 138 Å². The number of phenols is 4. The lowest BCUT2D eigenvalue weighted by Crippen LogP contribution is -2.65. The Balaban J connectivity index is 1.52. The molecule has 0 amide bonds. The monoisotopic (exact) mass is 656 g/mol. The zero-order chi connectivity index (χ0) is 33.6. The molecule has 0 saturated carbocycles.